The van der Waals surface area contributed by atoms with Crippen molar-refractivity contribution in [1.82, 2.24) is 0 Å². The maximum Gasteiger partial charge on any atom is 0.264 e. The van der Waals surface area contributed by atoms with Crippen LogP contribution in [0.15, 0.2) is 35.2 Å². The lowest BCUT2D eigenvalue weighted by Gasteiger charge is -2.14. The Balaban J connectivity index is 2.51. The Kier molecular flexibility index (Phi) is 4.37. The molecule has 0 heterocycles. The highest BCUT2D eigenvalue weighted by atomic mass is 35.5. The summed E-state index contributed by atoms with van der Waals surface area (Å²) in [6.45, 7) is 3.44. The van der Waals surface area contributed by atoms with Crippen molar-refractivity contribution in [1.29, 1.82) is 0 Å². The summed E-state index contributed by atoms with van der Waals surface area (Å²) in [5.74, 6) is 0. The van der Waals surface area contributed by atoms with E-state index in [1.807, 2.05) is 0 Å². The molecule has 2 aromatic rings. The summed E-state index contributed by atoms with van der Waals surface area (Å²) < 4.78 is 27.5. The van der Waals surface area contributed by atoms with Gasteiger partial charge in [-0.3, -0.25) is 4.72 Å². The van der Waals surface area contributed by atoms with Crippen molar-refractivity contribution in [3.05, 3.63) is 51.5 Å². The predicted octanol–water partition coefficient (Wildman–Crippen LogP) is 3.99. The number of rotatable bonds is 3. The molecule has 0 aromatic heterocycles. The molecule has 0 aliphatic rings. The summed E-state index contributed by atoms with van der Waals surface area (Å²) >= 11 is 11.7. The van der Waals surface area contributed by atoms with Gasteiger partial charge in [-0.15, -0.1) is 0 Å². The first-order chi connectivity index (χ1) is 9.70. The van der Waals surface area contributed by atoms with E-state index in [9.17, 15) is 8.42 Å². The largest absolute Gasteiger partial charge is 0.397 e. The summed E-state index contributed by atoms with van der Waals surface area (Å²) in [6.07, 6.45) is 0. The van der Waals surface area contributed by atoms with Crippen LogP contribution in [-0.2, 0) is 10.0 Å². The van der Waals surface area contributed by atoms with Crippen molar-refractivity contribution in [2.24, 2.45) is 0 Å². The third kappa shape index (κ3) is 3.43. The van der Waals surface area contributed by atoms with E-state index in [4.69, 9.17) is 28.9 Å². The van der Waals surface area contributed by atoms with Gasteiger partial charge in [-0.25, -0.2) is 8.42 Å². The van der Waals surface area contributed by atoms with Gasteiger partial charge in [0.15, 0.2) is 0 Å². The van der Waals surface area contributed by atoms with Crippen molar-refractivity contribution in [2.45, 2.75) is 18.7 Å². The summed E-state index contributed by atoms with van der Waals surface area (Å²) in [5.41, 5.74) is 7.70. The average Bonchev–Trinajstić information content (AvgIpc) is 2.32. The molecule has 2 rings (SSSR count). The third-order valence-electron chi connectivity index (χ3n) is 2.99. The highest BCUT2D eigenvalue weighted by Crippen LogP contribution is 2.29. The Morgan fingerprint density at radius 2 is 1.52 bits per heavy atom. The second-order valence-corrected chi connectivity index (χ2v) is 7.20. The first-order valence-electron chi connectivity index (χ1n) is 6.05. The smallest absolute Gasteiger partial charge is 0.264 e. The standard InChI is InChI=1S/C14H14Cl2N2O2S/c1-8-3-4-9(2)14(13(8)17)21(19,20)18-12-6-10(15)5-11(16)7-12/h3-7,18H,17H2,1-2H3. The van der Waals surface area contributed by atoms with Crippen LogP contribution in [0.1, 0.15) is 11.1 Å². The number of hydrogen-bond donors (Lipinski definition) is 2. The number of nitrogens with one attached hydrogen (secondary N) is 1. The van der Waals surface area contributed by atoms with E-state index >= 15 is 0 Å². The minimum Gasteiger partial charge on any atom is -0.397 e. The van der Waals surface area contributed by atoms with E-state index in [0.29, 0.717) is 21.2 Å². The number of halogens is 2. The Labute approximate surface area is 133 Å². The molecule has 0 aliphatic carbocycles. The van der Waals surface area contributed by atoms with Gasteiger partial charge in [-0.2, -0.15) is 0 Å². The molecule has 0 saturated heterocycles. The van der Waals surface area contributed by atoms with Crippen molar-refractivity contribution >= 4 is 44.6 Å². The number of anilines is 2. The van der Waals surface area contributed by atoms with Crippen molar-refractivity contribution < 1.29 is 8.42 Å². The zero-order valence-corrected chi connectivity index (χ0v) is 13.8. The minimum absolute atomic E-state index is 0.0681. The topological polar surface area (TPSA) is 72.2 Å². The maximum atomic E-state index is 12.5. The average molecular weight is 345 g/mol. The Bertz CT molecular complexity index is 785. The molecule has 112 valence electrons. The number of nitrogen functional groups attached to an aromatic ring is 1. The van der Waals surface area contributed by atoms with Crippen LogP contribution in [0.5, 0.6) is 0 Å². The summed E-state index contributed by atoms with van der Waals surface area (Å²) in [5, 5.41) is 0.684. The van der Waals surface area contributed by atoms with E-state index < -0.39 is 10.0 Å². The normalized spacial score (nSPS) is 11.4. The molecular weight excluding hydrogens is 331 g/mol. The fourth-order valence-electron chi connectivity index (χ4n) is 1.98. The molecule has 0 bridgehead atoms. The highest BCUT2D eigenvalue weighted by Gasteiger charge is 2.21. The number of sulfonamides is 1. The van der Waals surface area contributed by atoms with Crippen LogP contribution in [-0.4, -0.2) is 8.42 Å². The van der Waals surface area contributed by atoms with Gasteiger partial charge in [0.05, 0.1) is 11.4 Å². The molecule has 0 aliphatic heterocycles. The molecule has 0 atom stereocenters. The molecule has 0 spiro atoms. The van der Waals surface area contributed by atoms with Crippen molar-refractivity contribution in [2.75, 3.05) is 10.5 Å². The number of nitrogens with two attached hydrogens (primary N) is 1. The summed E-state index contributed by atoms with van der Waals surface area (Å²) in [4.78, 5) is 0.0681. The molecule has 4 nitrogen and oxygen atoms in total. The van der Waals surface area contributed by atoms with Crippen molar-refractivity contribution in [3.63, 3.8) is 0 Å². The molecule has 2 aromatic carbocycles. The van der Waals surface area contributed by atoms with Crippen LogP contribution in [0, 0.1) is 13.8 Å². The van der Waals surface area contributed by atoms with Gasteiger partial charge in [0.2, 0.25) is 0 Å². The lowest BCUT2D eigenvalue weighted by Crippen LogP contribution is -2.16. The fourth-order valence-corrected chi connectivity index (χ4v) is 3.98. The lowest BCUT2D eigenvalue weighted by molar-refractivity contribution is 0.601. The summed E-state index contributed by atoms with van der Waals surface area (Å²) in [7, 11) is -3.82. The predicted molar refractivity (Wildman–Crippen MR) is 87.6 cm³/mol. The molecule has 0 saturated carbocycles. The molecule has 21 heavy (non-hydrogen) atoms. The number of aryl methyl sites for hydroxylation is 2. The molecule has 0 amide bonds. The van der Waals surface area contributed by atoms with Crippen LogP contribution in [0.25, 0.3) is 0 Å². The number of benzene rings is 2. The van der Waals surface area contributed by atoms with Gasteiger partial charge in [-0.05, 0) is 43.2 Å². The van der Waals surface area contributed by atoms with Crippen LogP contribution in [0.4, 0.5) is 11.4 Å². The third-order valence-corrected chi connectivity index (χ3v) is 5.01. The van der Waals surface area contributed by atoms with Gasteiger partial charge < -0.3 is 5.73 Å². The second kappa shape index (κ2) is 5.75. The van der Waals surface area contributed by atoms with Gasteiger partial charge in [0.25, 0.3) is 10.0 Å². The van der Waals surface area contributed by atoms with Gasteiger partial charge >= 0.3 is 0 Å². The molecule has 3 N–H and O–H groups in total. The van der Waals surface area contributed by atoms with Crippen LogP contribution in [0.2, 0.25) is 10.0 Å². The van der Waals surface area contributed by atoms with Gasteiger partial charge in [0.1, 0.15) is 4.90 Å². The summed E-state index contributed by atoms with van der Waals surface area (Å²) in [6, 6.07) is 7.97. The van der Waals surface area contributed by atoms with Crippen LogP contribution >= 0.6 is 23.2 Å². The van der Waals surface area contributed by atoms with E-state index in [2.05, 4.69) is 4.72 Å². The first kappa shape index (κ1) is 15.9. The quantitative estimate of drug-likeness (QED) is 0.826. The highest BCUT2D eigenvalue weighted by molar-refractivity contribution is 7.93. The van der Waals surface area contributed by atoms with Gasteiger partial charge in [0, 0.05) is 10.0 Å². The van der Waals surface area contributed by atoms with E-state index in [0.717, 1.165) is 0 Å². The Morgan fingerprint density at radius 1 is 1.00 bits per heavy atom. The van der Waals surface area contributed by atoms with E-state index in [-0.39, 0.29) is 16.3 Å². The minimum atomic E-state index is -3.82. The maximum absolute atomic E-state index is 12.5. The SMILES string of the molecule is Cc1ccc(C)c(S(=O)(=O)Nc2cc(Cl)cc(Cl)c2)c1N. The molecule has 7 heteroatoms. The van der Waals surface area contributed by atoms with Crippen LogP contribution < -0.4 is 10.5 Å². The number of hydrogen-bond acceptors (Lipinski definition) is 3. The zero-order chi connectivity index (χ0) is 15.8. The lowest BCUT2D eigenvalue weighted by atomic mass is 10.1. The Hall–Kier alpha value is -1.43. The first-order valence-corrected chi connectivity index (χ1v) is 8.29. The van der Waals surface area contributed by atoms with E-state index in [1.54, 1.807) is 26.0 Å². The van der Waals surface area contributed by atoms with Crippen LogP contribution in [0.3, 0.4) is 0 Å². The van der Waals surface area contributed by atoms with Gasteiger partial charge in [-0.1, -0.05) is 35.3 Å². The van der Waals surface area contributed by atoms with E-state index in [1.165, 1.54) is 18.2 Å². The zero-order valence-electron chi connectivity index (χ0n) is 11.4. The Morgan fingerprint density at radius 3 is 2.10 bits per heavy atom. The second-order valence-electron chi connectivity index (χ2n) is 4.71. The molecule has 0 radical (unpaired) electrons. The molecule has 0 fully saturated rings. The fraction of sp³-hybridized carbons (Fsp3) is 0.143. The molecular formula is C14H14Cl2N2O2S. The monoisotopic (exact) mass is 344 g/mol. The molecule has 0 unspecified atom stereocenters. The van der Waals surface area contributed by atoms with Crippen molar-refractivity contribution in [3.8, 4) is 0 Å².